The molecule has 0 bridgehead atoms. The predicted molar refractivity (Wildman–Crippen MR) is 47.1 cm³/mol. The largest absolute Gasteiger partial charge is 0.379 e. The highest BCUT2D eigenvalue weighted by atomic mass is 16.5. The Morgan fingerprint density at radius 1 is 1.42 bits per heavy atom. The highest BCUT2D eigenvalue weighted by molar-refractivity contribution is 5.21. The van der Waals surface area contributed by atoms with Crippen molar-refractivity contribution in [3.05, 3.63) is 29.6 Å². The molecule has 0 N–H and O–H groups in total. The molecule has 0 aromatic carbocycles. The summed E-state index contributed by atoms with van der Waals surface area (Å²) in [6.07, 6.45) is 1.92. The molecule has 2 heterocycles. The maximum Gasteiger partial charge on any atom is 0.0598 e. The van der Waals surface area contributed by atoms with Crippen molar-refractivity contribution in [2.45, 2.75) is 19.3 Å². The van der Waals surface area contributed by atoms with Gasteiger partial charge in [-0.15, -0.1) is 0 Å². The summed E-state index contributed by atoms with van der Waals surface area (Å²) < 4.78 is 5.18. The molecule has 64 valence electrons. The van der Waals surface area contributed by atoms with Crippen molar-refractivity contribution < 1.29 is 4.74 Å². The minimum Gasteiger partial charge on any atom is -0.379 e. The number of hydrogen-bond donors (Lipinski definition) is 0. The van der Waals surface area contributed by atoms with Gasteiger partial charge in [-0.3, -0.25) is 4.98 Å². The summed E-state index contributed by atoms with van der Waals surface area (Å²) in [4.78, 5) is 4.39. The number of nitrogens with zero attached hydrogens (tertiary/aromatic N) is 1. The van der Waals surface area contributed by atoms with Gasteiger partial charge in [0.1, 0.15) is 0 Å². The third-order valence-electron chi connectivity index (χ3n) is 2.37. The lowest BCUT2D eigenvalue weighted by Crippen LogP contribution is -2.44. The van der Waals surface area contributed by atoms with E-state index >= 15 is 0 Å². The Balaban J connectivity index is 2.28. The van der Waals surface area contributed by atoms with Gasteiger partial charge in [0, 0.05) is 6.20 Å². The van der Waals surface area contributed by atoms with Crippen LogP contribution in [0.4, 0.5) is 0 Å². The van der Waals surface area contributed by atoms with E-state index in [-0.39, 0.29) is 5.41 Å². The Bertz CT molecular complexity index is 274. The van der Waals surface area contributed by atoms with Crippen molar-refractivity contribution >= 4 is 0 Å². The molecule has 2 heteroatoms. The monoisotopic (exact) mass is 163 g/mol. The molecule has 2 nitrogen and oxygen atoms in total. The maximum absolute atomic E-state index is 5.18. The molecule has 1 fully saturated rings. The van der Waals surface area contributed by atoms with Gasteiger partial charge in [-0.1, -0.05) is 6.07 Å². The molecule has 2 rings (SSSR count). The van der Waals surface area contributed by atoms with Crippen LogP contribution in [0.3, 0.4) is 0 Å². The highest BCUT2D eigenvalue weighted by Gasteiger charge is 2.36. The topological polar surface area (TPSA) is 22.1 Å². The molecule has 0 saturated carbocycles. The van der Waals surface area contributed by atoms with Crippen LogP contribution in [-0.2, 0) is 10.2 Å². The van der Waals surface area contributed by atoms with Gasteiger partial charge in [0.25, 0.3) is 0 Å². The van der Waals surface area contributed by atoms with Crippen LogP contribution < -0.4 is 0 Å². The summed E-state index contributed by atoms with van der Waals surface area (Å²) in [5.74, 6) is 0. The standard InChI is InChI=1S/C10H13NO/c1-8-3-4-9(11-5-8)10(2)6-12-7-10/h3-5H,6-7H2,1-2H3. The van der Waals surface area contributed by atoms with Crippen molar-refractivity contribution in [3.8, 4) is 0 Å². The Morgan fingerprint density at radius 3 is 2.58 bits per heavy atom. The van der Waals surface area contributed by atoms with Crippen LogP contribution in [0.5, 0.6) is 0 Å². The smallest absolute Gasteiger partial charge is 0.0598 e. The van der Waals surface area contributed by atoms with Gasteiger partial charge >= 0.3 is 0 Å². The quantitative estimate of drug-likeness (QED) is 0.628. The molecule has 1 aromatic heterocycles. The zero-order valence-electron chi connectivity index (χ0n) is 7.50. The first-order valence-electron chi connectivity index (χ1n) is 4.22. The zero-order chi connectivity index (χ0) is 8.60. The van der Waals surface area contributed by atoms with E-state index in [1.807, 2.05) is 6.20 Å². The molecule has 0 aliphatic carbocycles. The second-order valence-electron chi connectivity index (χ2n) is 3.77. The van der Waals surface area contributed by atoms with Crippen molar-refractivity contribution in [2.24, 2.45) is 0 Å². The van der Waals surface area contributed by atoms with Gasteiger partial charge < -0.3 is 4.74 Å². The fraction of sp³-hybridized carbons (Fsp3) is 0.500. The lowest BCUT2D eigenvalue weighted by Gasteiger charge is -2.37. The molecular weight excluding hydrogens is 150 g/mol. The van der Waals surface area contributed by atoms with Crippen LogP contribution in [0.1, 0.15) is 18.2 Å². The Labute approximate surface area is 72.6 Å². The third kappa shape index (κ3) is 1.12. The SMILES string of the molecule is Cc1ccc(C2(C)COC2)nc1. The van der Waals surface area contributed by atoms with Crippen molar-refractivity contribution in [3.63, 3.8) is 0 Å². The van der Waals surface area contributed by atoms with E-state index in [4.69, 9.17) is 4.74 Å². The fourth-order valence-electron chi connectivity index (χ4n) is 1.38. The van der Waals surface area contributed by atoms with Crippen LogP contribution >= 0.6 is 0 Å². The average Bonchev–Trinajstić information content (AvgIpc) is 2.02. The number of pyridine rings is 1. The van der Waals surface area contributed by atoms with Gasteiger partial charge in [0.2, 0.25) is 0 Å². The summed E-state index contributed by atoms with van der Waals surface area (Å²) in [5, 5.41) is 0. The minimum atomic E-state index is 0.174. The van der Waals surface area contributed by atoms with Gasteiger partial charge in [-0.05, 0) is 25.5 Å². The summed E-state index contributed by atoms with van der Waals surface area (Å²) in [6, 6.07) is 4.20. The van der Waals surface area contributed by atoms with Gasteiger partial charge in [0.05, 0.1) is 24.3 Å². The molecule has 0 unspecified atom stereocenters. The zero-order valence-corrected chi connectivity index (χ0v) is 7.50. The lowest BCUT2D eigenvalue weighted by atomic mass is 9.84. The van der Waals surface area contributed by atoms with Crippen molar-refractivity contribution in [1.82, 2.24) is 4.98 Å². The van der Waals surface area contributed by atoms with Crippen LogP contribution in [0.25, 0.3) is 0 Å². The number of aryl methyl sites for hydroxylation is 1. The van der Waals surface area contributed by atoms with E-state index < -0.39 is 0 Å². The summed E-state index contributed by atoms with van der Waals surface area (Å²) in [7, 11) is 0. The van der Waals surface area contributed by atoms with Gasteiger partial charge in [-0.25, -0.2) is 0 Å². The number of aromatic nitrogens is 1. The molecule has 12 heavy (non-hydrogen) atoms. The van der Waals surface area contributed by atoms with E-state index in [1.54, 1.807) is 0 Å². The van der Waals surface area contributed by atoms with E-state index in [0.29, 0.717) is 0 Å². The molecule has 0 spiro atoms. The summed E-state index contributed by atoms with van der Waals surface area (Å²) >= 11 is 0. The number of rotatable bonds is 1. The molecular formula is C10H13NO. The van der Waals surface area contributed by atoms with E-state index in [9.17, 15) is 0 Å². The lowest BCUT2D eigenvalue weighted by molar-refractivity contribution is -0.0520. The summed E-state index contributed by atoms with van der Waals surface area (Å²) in [5.41, 5.74) is 2.54. The molecule has 0 amide bonds. The van der Waals surface area contributed by atoms with Crippen molar-refractivity contribution in [1.29, 1.82) is 0 Å². The van der Waals surface area contributed by atoms with Crippen LogP contribution in [0.2, 0.25) is 0 Å². The maximum atomic E-state index is 5.18. The predicted octanol–water partition coefficient (Wildman–Crippen LogP) is 1.68. The number of hydrogen-bond acceptors (Lipinski definition) is 2. The Morgan fingerprint density at radius 2 is 2.17 bits per heavy atom. The second kappa shape index (κ2) is 2.56. The molecule has 0 radical (unpaired) electrons. The Kier molecular flexibility index (Phi) is 1.65. The van der Waals surface area contributed by atoms with Crippen molar-refractivity contribution in [2.75, 3.05) is 13.2 Å². The molecule has 1 aliphatic heterocycles. The van der Waals surface area contributed by atoms with Crippen LogP contribution in [0, 0.1) is 6.92 Å². The normalized spacial score (nSPS) is 20.2. The minimum absolute atomic E-state index is 0.174. The van der Waals surface area contributed by atoms with Crippen LogP contribution in [-0.4, -0.2) is 18.2 Å². The van der Waals surface area contributed by atoms with Gasteiger partial charge in [-0.2, -0.15) is 0 Å². The van der Waals surface area contributed by atoms with E-state index in [2.05, 4.69) is 31.0 Å². The molecule has 0 atom stereocenters. The highest BCUT2D eigenvalue weighted by Crippen LogP contribution is 2.29. The van der Waals surface area contributed by atoms with Gasteiger partial charge in [0.15, 0.2) is 0 Å². The first kappa shape index (κ1) is 7.74. The van der Waals surface area contributed by atoms with E-state index in [1.165, 1.54) is 5.56 Å². The summed E-state index contributed by atoms with van der Waals surface area (Å²) in [6.45, 7) is 5.86. The van der Waals surface area contributed by atoms with E-state index in [0.717, 1.165) is 18.9 Å². The third-order valence-corrected chi connectivity index (χ3v) is 2.37. The molecule has 1 saturated heterocycles. The van der Waals surface area contributed by atoms with Crippen LogP contribution in [0.15, 0.2) is 18.3 Å². The second-order valence-corrected chi connectivity index (χ2v) is 3.77. The molecule has 1 aromatic rings. The molecule has 1 aliphatic rings. The average molecular weight is 163 g/mol. The fourth-order valence-corrected chi connectivity index (χ4v) is 1.38. The Hall–Kier alpha value is -0.890. The first-order valence-corrected chi connectivity index (χ1v) is 4.22. The first-order chi connectivity index (χ1) is 5.71. The number of ether oxygens (including phenoxy) is 1.